The first-order valence-electron chi connectivity index (χ1n) is 6.28. The van der Waals surface area contributed by atoms with Crippen molar-refractivity contribution in [2.45, 2.75) is 12.8 Å². The lowest BCUT2D eigenvalue weighted by atomic mass is 9.89. The minimum atomic E-state index is -3.27. The largest absolute Gasteiger partial charge is 0.317 e. The Labute approximate surface area is 113 Å². The average Bonchev–Trinajstić information content (AvgIpc) is 2.38. The molecule has 0 spiro atoms. The van der Waals surface area contributed by atoms with Crippen LogP contribution in [0.5, 0.6) is 0 Å². The SMILES string of the molecule is CS(=O)(=O)Nc1ccc(C(=O)C2CCNCC2)cc1. The Kier molecular flexibility index (Phi) is 4.21. The fourth-order valence-corrected chi connectivity index (χ4v) is 2.80. The van der Waals surface area contributed by atoms with Crippen molar-refractivity contribution in [3.63, 3.8) is 0 Å². The molecule has 19 heavy (non-hydrogen) atoms. The van der Waals surface area contributed by atoms with Gasteiger partial charge in [-0.3, -0.25) is 9.52 Å². The molecule has 1 aromatic rings. The first-order chi connectivity index (χ1) is 8.96. The Bertz CT molecular complexity index is 546. The number of anilines is 1. The van der Waals surface area contributed by atoms with Crippen LogP contribution in [0.25, 0.3) is 0 Å². The number of nitrogens with one attached hydrogen (secondary N) is 2. The van der Waals surface area contributed by atoms with Crippen LogP contribution in [0, 0.1) is 5.92 Å². The van der Waals surface area contributed by atoms with Gasteiger partial charge in [-0.2, -0.15) is 0 Å². The molecular formula is C13H18N2O3S. The van der Waals surface area contributed by atoms with Crippen molar-refractivity contribution in [1.29, 1.82) is 0 Å². The van der Waals surface area contributed by atoms with Crippen molar-refractivity contribution >= 4 is 21.5 Å². The number of hydrogen-bond acceptors (Lipinski definition) is 4. The van der Waals surface area contributed by atoms with E-state index in [-0.39, 0.29) is 11.7 Å². The van der Waals surface area contributed by atoms with Gasteiger partial charge < -0.3 is 5.32 Å². The Hall–Kier alpha value is -1.40. The monoisotopic (exact) mass is 282 g/mol. The second-order valence-electron chi connectivity index (χ2n) is 4.84. The summed E-state index contributed by atoms with van der Waals surface area (Å²) in [5, 5.41) is 3.23. The van der Waals surface area contributed by atoms with Crippen molar-refractivity contribution in [1.82, 2.24) is 5.32 Å². The third-order valence-corrected chi connectivity index (χ3v) is 3.79. The molecule has 0 unspecified atom stereocenters. The van der Waals surface area contributed by atoms with Gasteiger partial charge in [0.1, 0.15) is 0 Å². The third-order valence-electron chi connectivity index (χ3n) is 3.18. The molecule has 6 heteroatoms. The number of ketones is 1. The summed E-state index contributed by atoms with van der Waals surface area (Å²) in [4.78, 5) is 12.2. The summed E-state index contributed by atoms with van der Waals surface area (Å²) in [5.74, 6) is 0.224. The summed E-state index contributed by atoms with van der Waals surface area (Å²) < 4.78 is 24.5. The number of Topliss-reactive ketones (excluding diaryl/α,β-unsaturated/α-hetero) is 1. The van der Waals surface area contributed by atoms with Gasteiger partial charge in [0.25, 0.3) is 0 Å². The highest BCUT2D eigenvalue weighted by atomic mass is 32.2. The van der Waals surface area contributed by atoms with E-state index >= 15 is 0 Å². The molecule has 0 aromatic heterocycles. The second kappa shape index (κ2) is 5.71. The maximum Gasteiger partial charge on any atom is 0.229 e. The summed E-state index contributed by atoms with van der Waals surface area (Å²) >= 11 is 0. The zero-order chi connectivity index (χ0) is 13.9. The van der Waals surface area contributed by atoms with Crippen LogP contribution >= 0.6 is 0 Å². The second-order valence-corrected chi connectivity index (χ2v) is 6.59. The molecule has 0 amide bonds. The number of rotatable bonds is 4. The average molecular weight is 282 g/mol. The Morgan fingerprint density at radius 2 is 1.79 bits per heavy atom. The lowest BCUT2D eigenvalue weighted by Crippen LogP contribution is -2.31. The highest BCUT2D eigenvalue weighted by Gasteiger charge is 2.21. The minimum absolute atomic E-state index is 0.0787. The molecule has 1 aromatic carbocycles. The van der Waals surface area contributed by atoms with E-state index < -0.39 is 10.0 Å². The number of sulfonamides is 1. The van der Waals surface area contributed by atoms with Gasteiger partial charge in [-0.25, -0.2) is 8.42 Å². The Balaban J connectivity index is 2.07. The number of carbonyl (C=O) groups is 1. The van der Waals surface area contributed by atoms with Gasteiger partial charge in [0.05, 0.1) is 6.26 Å². The van der Waals surface area contributed by atoms with Crippen LogP contribution in [0.3, 0.4) is 0 Å². The summed E-state index contributed by atoms with van der Waals surface area (Å²) in [5.41, 5.74) is 1.12. The molecule has 2 rings (SSSR count). The Morgan fingerprint density at radius 1 is 1.21 bits per heavy atom. The molecule has 104 valence electrons. The van der Waals surface area contributed by atoms with Crippen molar-refractivity contribution < 1.29 is 13.2 Å². The topological polar surface area (TPSA) is 75.3 Å². The van der Waals surface area contributed by atoms with E-state index in [1.54, 1.807) is 24.3 Å². The van der Waals surface area contributed by atoms with Gasteiger partial charge in [-0.1, -0.05) is 0 Å². The van der Waals surface area contributed by atoms with Crippen molar-refractivity contribution in [3.05, 3.63) is 29.8 Å². The van der Waals surface area contributed by atoms with E-state index in [0.717, 1.165) is 32.2 Å². The van der Waals surface area contributed by atoms with Crippen molar-refractivity contribution in [2.24, 2.45) is 5.92 Å². The van der Waals surface area contributed by atoms with Crippen LogP contribution in [0.15, 0.2) is 24.3 Å². The van der Waals surface area contributed by atoms with Crippen molar-refractivity contribution in [3.8, 4) is 0 Å². The molecule has 0 radical (unpaired) electrons. The number of benzene rings is 1. The molecule has 2 N–H and O–H groups in total. The normalized spacial score (nSPS) is 17.1. The van der Waals surface area contributed by atoms with E-state index in [2.05, 4.69) is 10.0 Å². The zero-order valence-corrected chi connectivity index (χ0v) is 11.7. The molecule has 0 atom stereocenters. The van der Waals surface area contributed by atoms with Gasteiger partial charge in [0.15, 0.2) is 5.78 Å². The van der Waals surface area contributed by atoms with Crippen LogP contribution in [0.4, 0.5) is 5.69 Å². The lowest BCUT2D eigenvalue weighted by molar-refractivity contribution is 0.0895. The van der Waals surface area contributed by atoms with Crippen LogP contribution < -0.4 is 10.0 Å². The van der Waals surface area contributed by atoms with Gasteiger partial charge in [0.2, 0.25) is 10.0 Å². The van der Waals surface area contributed by atoms with Gasteiger partial charge in [-0.05, 0) is 50.2 Å². The molecule has 1 heterocycles. The van der Waals surface area contributed by atoms with Gasteiger partial charge >= 0.3 is 0 Å². The van der Waals surface area contributed by atoms with Crippen LogP contribution in [0.2, 0.25) is 0 Å². The van der Waals surface area contributed by atoms with Gasteiger partial charge in [0, 0.05) is 17.2 Å². The maximum atomic E-state index is 12.2. The number of carbonyl (C=O) groups excluding carboxylic acids is 1. The van der Waals surface area contributed by atoms with Crippen molar-refractivity contribution in [2.75, 3.05) is 24.1 Å². The summed E-state index contributed by atoms with van der Waals surface area (Å²) in [6.45, 7) is 1.76. The highest BCUT2D eigenvalue weighted by molar-refractivity contribution is 7.92. The first-order valence-corrected chi connectivity index (χ1v) is 8.17. The van der Waals surface area contributed by atoms with Crippen LogP contribution in [-0.2, 0) is 10.0 Å². The van der Waals surface area contributed by atoms with E-state index in [9.17, 15) is 13.2 Å². The van der Waals surface area contributed by atoms with Crippen LogP contribution in [0.1, 0.15) is 23.2 Å². The lowest BCUT2D eigenvalue weighted by Gasteiger charge is -2.21. The van der Waals surface area contributed by atoms with Crippen LogP contribution in [-0.4, -0.2) is 33.5 Å². The summed E-state index contributed by atoms with van der Waals surface area (Å²) in [6.07, 6.45) is 2.82. The maximum absolute atomic E-state index is 12.2. The van der Waals surface area contributed by atoms with Gasteiger partial charge in [-0.15, -0.1) is 0 Å². The van der Waals surface area contributed by atoms with E-state index in [4.69, 9.17) is 0 Å². The molecule has 0 saturated carbocycles. The fraction of sp³-hybridized carbons (Fsp3) is 0.462. The smallest absolute Gasteiger partial charge is 0.229 e. The highest BCUT2D eigenvalue weighted by Crippen LogP contribution is 2.19. The molecule has 0 aliphatic carbocycles. The van der Waals surface area contributed by atoms with E-state index in [1.165, 1.54) is 0 Å². The molecule has 1 aliphatic heterocycles. The third kappa shape index (κ3) is 4.04. The quantitative estimate of drug-likeness (QED) is 0.815. The van der Waals surface area contributed by atoms with E-state index in [0.29, 0.717) is 11.3 Å². The molecule has 1 fully saturated rings. The standard InChI is InChI=1S/C13H18N2O3S/c1-19(17,18)15-12-4-2-10(3-5-12)13(16)11-6-8-14-9-7-11/h2-5,11,14-15H,6-9H2,1H3. The predicted molar refractivity (Wildman–Crippen MR) is 74.8 cm³/mol. The number of hydrogen-bond donors (Lipinski definition) is 2. The predicted octanol–water partition coefficient (Wildman–Crippen LogP) is 1.24. The summed E-state index contributed by atoms with van der Waals surface area (Å²) in [6, 6.07) is 6.60. The van der Waals surface area contributed by atoms with E-state index in [1.807, 2.05) is 0 Å². The molecule has 1 aliphatic rings. The fourth-order valence-electron chi connectivity index (χ4n) is 2.24. The molecule has 5 nitrogen and oxygen atoms in total. The Morgan fingerprint density at radius 3 is 2.32 bits per heavy atom. The molecular weight excluding hydrogens is 264 g/mol. The summed E-state index contributed by atoms with van der Waals surface area (Å²) in [7, 11) is -3.27. The minimum Gasteiger partial charge on any atom is -0.317 e. The molecule has 1 saturated heterocycles. The molecule has 0 bridgehead atoms. The zero-order valence-electron chi connectivity index (χ0n) is 10.8. The first kappa shape index (κ1) is 14.0. The number of piperidine rings is 1.